The highest BCUT2D eigenvalue weighted by Crippen LogP contribution is 2.48. The van der Waals surface area contributed by atoms with Gasteiger partial charge in [-0.15, -0.1) is 0 Å². The van der Waals surface area contributed by atoms with E-state index < -0.39 is 23.5 Å². The third-order valence-corrected chi connectivity index (χ3v) is 6.97. The number of aliphatic hydroxyl groups excluding tert-OH is 1. The average Bonchev–Trinajstić information content (AvgIpc) is 3.13. The van der Waals surface area contributed by atoms with Crippen LogP contribution in [0, 0.1) is 6.92 Å². The van der Waals surface area contributed by atoms with Crippen molar-refractivity contribution < 1.29 is 28.9 Å². The number of hydrogen-bond acceptors (Lipinski definition) is 6. The molecular formula is C28H25Cl2NO6. The van der Waals surface area contributed by atoms with Gasteiger partial charge in [-0.05, 0) is 30.2 Å². The van der Waals surface area contributed by atoms with E-state index in [2.05, 4.69) is 0 Å². The van der Waals surface area contributed by atoms with Crippen LogP contribution >= 0.6 is 23.2 Å². The number of para-hydroxylation sites is 1. The number of rotatable bonds is 7. The van der Waals surface area contributed by atoms with Crippen LogP contribution in [0.1, 0.15) is 28.3 Å². The molecule has 1 amide bonds. The molecule has 3 aromatic rings. The average molecular weight is 542 g/mol. The summed E-state index contributed by atoms with van der Waals surface area (Å²) >= 11 is 12.8. The van der Waals surface area contributed by atoms with Gasteiger partial charge >= 0.3 is 0 Å². The Kier molecular flexibility index (Phi) is 7.66. The molecule has 1 saturated heterocycles. The number of halogens is 2. The Balaban J connectivity index is 1.97. The Hall–Kier alpha value is -3.68. The number of ether oxygens (including phenoxy) is 3. The Labute approximate surface area is 224 Å². The molecule has 0 radical (unpaired) electrons. The van der Waals surface area contributed by atoms with E-state index in [1.807, 2.05) is 49.4 Å². The van der Waals surface area contributed by atoms with Crippen molar-refractivity contribution in [2.24, 2.45) is 0 Å². The van der Waals surface area contributed by atoms with Gasteiger partial charge in [0.05, 0.1) is 50.1 Å². The van der Waals surface area contributed by atoms with Crippen LogP contribution in [0.15, 0.2) is 60.2 Å². The molecule has 1 heterocycles. The molecule has 9 heteroatoms. The number of ketones is 1. The molecule has 7 nitrogen and oxygen atoms in total. The number of nitrogens with zero attached hydrogens (tertiary/aromatic N) is 1. The van der Waals surface area contributed by atoms with Crippen LogP contribution in [-0.4, -0.2) is 43.0 Å². The van der Waals surface area contributed by atoms with Crippen molar-refractivity contribution in [3.05, 3.63) is 92.5 Å². The molecule has 4 rings (SSSR count). The summed E-state index contributed by atoms with van der Waals surface area (Å²) in [6, 6.07) is 15.1. The van der Waals surface area contributed by atoms with Crippen molar-refractivity contribution >= 4 is 40.7 Å². The van der Waals surface area contributed by atoms with Crippen molar-refractivity contribution in [3.63, 3.8) is 0 Å². The second kappa shape index (κ2) is 10.7. The number of hydrogen-bond donors (Lipinski definition) is 1. The monoisotopic (exact) mass is 541 g/mol. The Morgan fingerprint density at radius 3 is 2.24 bits per heavy atom. The van der Waals surface area contributed by atoms with Crippen molar-refractivity contribution in [2.75, 3.05) is 21.3 Å². The minimum atomic E-state index is -0.893. The van der Waals surface area contributed by atoms with Gasteiger partial charge in [0.1, 0.15) is 16.5 Å². The first-order valence-electron chi connectivity index (χ1n) is 11.3. The summed E-state index contributed by atoms with van der Waals surface area (Å²) < 4.78 is 16.2. The molecular weight excluding hydrogens is 517 g/mol. The van der Waals surface area contributed by atoms with E-state index >= 15 is 0 Å². The fourth-order valence-corrected chi connectivity index (χ4v) is 5.26. The molecule has 1 atom stereocenters. The number of amides is 1. The quantitative estimate of drug-likeness (QED) is 0.226. The molecule has 0 bridgehead atoms. The van der Waals surface area contributed by atoms with Crippen LogP contribution in [0.2, 0.25) is 10.0 Å². The Morgan fingerprint density at radius 2 is 1.59 bits per heavy atom. The van der Waals surface area contributed by atoms with E-state index in [1.165, 1.54) is 32.3 Å². The third kappa shape index (κ3) is 4.61. The molecule has 1 aliphatic rings. The summed E-state index contributed by atoms with van der Waals surface area (Å²) in [5, 5.41) is 11.7. The van der Waals surface area contributed by atoms with Gasteiger partial charge in [-0.25, -0.2) is 0 Å². The van der Waals surface area contributed by atoms with Crippen LogP contribution in [0.5, 0.6) is 17.2 Å². The zero-order chi connectivity index (χ0) is 26.9. The second-order valence-electron chi connectivity index (χ2n) is 8.38. The summed E-state index contributed by atoms with van der Waals surface area (Å²) in [6.45, 7) is 1.95. The first kappa shape index (κ1) is 26.4. The lowest BCUT2D eigenvalue weighted by molar-refractivity contribution is -0.140. The number of carbonyl (C=O) groups excluding carboxylic acids is 2. The summed E-state index contributed by atoms with van der Waals surface area (Å²) in [5.74, 6) is -1.28. The van der Waals surface area contributed by atoms with E-state index in [9.17, 15) is 14.7 Å². The van der Waals surface area contributed by atoms with Gasteiger partial charge < -0.3 is 24.2 Å². The maximum atomic E-state index is 13.5. The maximum Gasteiger partial charge on any atom is 0.295 e. The zero-order valence-electron chi connectivity index (χ0n) is 20.7. The molecule has 0 aliphatic carbocycles. The number of benzene rings is 3. The van der Waals surface area contributed by atoms with Gasteiger partial charge in [-0.3, -0.25) is 9.59 Å². The molecule has 1 N–H and O–H groups in total. The number of aryl methyl sites for hydroxylation is 1. The van der Waals surface area contributed by atoms with Crippen LogP contribution in [0.3, 0.4) is 0 Å². The van der Waals surface area contributed by atoms with Gasteiger partial charge in [0.25, 0.3) is 11.7 Å². The first-order chi connectivity index (χ1) is 17.7. The molecule has 1 unspecified atom stereocenters. The predicted molar refractivity (Wildman–Crippen MR) is 142 cm³/mol. The zero-order valence-corrected chi connectivity index (χ0v) is 22.2. The Morgan fingerprint density at radius 1 is 0.946 bits per heavy atom. The molecule has 1 fully saturated rings. The minimum absolute atomic E-state index is 0.0229. The largest absolute Gasteiger partial charge is 0.507 e. The minimum Gasteiger partial charge on any atom is -0.507 e. The third-order valence-electron chi connectivity index (χ3n) is 6.35. The van der Waals surface area contributed by atoms with Crippen LogP contribution in [-0.2, 0) is 16.1 Å². The molecule has 0 aromatic heterocycles. The van der Waals surface area contributed by atoms with Crippen molar-refractivity contribution in [3.8, 4) is 17.2 Å². The standard InChI is InChI=1S/C28H25Cl2NO6/c1-15-9-5-7-11-17(15)23-21(24(32)18-13-19(29)27(37-4)22(30)26(18)36-3)25(33)28(34)31(23)14-16-10-6-8-12-20(16)35-2/h5-13,23,32H,14H2,1-4H3/b24-21+. The highest BCUT2D eigenvalue weighted by atomic mass is 35.5. The number of carbonyl (C=O) groups is 2. The number of Topliss-reactive ketones (excluding diaryl/α,β-unsaturated/α-hetero) is 1. The summed E-state index contributed by atoms with van der Waals surface area (Å²) in [4.78, 5) is 28.3. The van der Waals surface area contributed by atoms with Gasteiger partial charge in [-0.2, -0.15) is 0 Å². The fourth-order valence-electron chi connectivity index (χ4n) is 4.57. The van der Waals surface area contributed by atoms with Crippen molar-refractivity contribution in [1.29, 1.82) is 0 Å². The maximum absolute atomic E-state index is 13.5. The highest BCUT2D eigenvalue weighted by molar-refractivity contribution is 6.47. The lowest BCUT2D eigenvalue weighted by Crippen LogP contribution is -2.29. The normalized spacial score (nSPS) is 16.7. The smallest absolute Gasteiger partial charge is 0.295 e. The number of likely N-dealkylation sites (tertiary alicyclic amines) is 1. The predicted octanol–water partition coefficient (Wildman–Crippen LogP) is 5.95. The summed E-state index contributed by atoms with van der Waals surface area (Å²) in [6.07, 6.45) is 0. The van der Waals surface area contributed by atoms with Gasteiger partial charge in [0.15, 0.2) is 11.5 Å². The summed E-state index contributed by atoms with van der Waals surface area (Å²) in [7, 11) is 4.30. The van der Waals surface area contributed by atoms with E-state index in [0.717, 1.165) is 5.56 Å². The first-order valence-corrected chi connectivity index (χ1v) is 12.1. The Bertz CT molecular complexity index is 1420. The van der Waals surface area contributed by atoms with Crippen LogP contribution in [0.25, 0.3) is 5.76 Å². The van der Waals surface area contributed by atoms with E-state index in [0.29, 0.717) is 16.9 Å². The van der Waals surface area contributed by atoms with E-state index in [-0.39, 0.29) is 39.2 Å². The topological polar surface area (TPSA) is 85.3 Å². The van der Waals surface area contributed by atoms with Crippen LogP contribution in [0.4, 0.5) is 0 Å². The molecule has 3 aromatic carbocycles. The highest BCUT2D eigenvalue weighted by Gasteiger charge is 2.47. The van der Waals surface area contributed by atoms with Crippen LogP contribution < -0.4 is 14.2 Å². The van der Waals surface area contributed by atoms with Crippen molar-refractivity contribution in [2.45, 2.75) is 19.5 Å². The van der Waals surface area contributed by atoms with Gasteiger partial charge in [-0.1, -0.05) is 65.7 Å². The van der Waals surface area contributed by atoms with E-state index in [4.69, 9.17) is 37.4 Å². The van der Waals surface area contributed by atoms with Gasteiger partial charge in [0.2, 0.25) is 0 Å². The number of aliphatic hydroxyl groups is 1. The molecule has 0 spiro atoms. The van der Waals surface area contributed by atoms with E-state index in [1.54, 1.807) is 6.07 Å². The molecule has 192 valence electrons. The molecule has 37 heavy (non-hydrogen) atoms. The second-order valence-corrected chi connectivity index (χ2v) is 9.17. The summed E-state index contributed by atoms with van der Waals surface area (Å²) in [5.41, 5.74) is 2.18. The SMILES string of the molecule is COc1ccccc1CN1C(=O)C(=O)/C(=C(/O)c2cc(Cl)c(OC)c(Cl)c2OC)C1c1ccccc1C. The fraction of sp³-hybridized carbons (Fsp3) is 0.214. The lowest BCUT2D eigenvalue weighted by atomic mass is 9.92. The van der Waals surface area contributed by atoms with Crippen molar-refractivity contribution in [1.82, 2.24) is 4.90 Å². The van der Waals surface area contributed by atoms with Gasteiger partial charge in [0, 0.05) is 5.56 Å². The molecule has 1 aliphatic heterocycles. The lowest BCUT2D eigenvalue weighted by Gasteiger charge is -2.27. The number of methoxy groups -OCH3 is 3. The molecule has 0 saturated carbocycles.